The average molecular weight is 410 g/mol. The maximum absolute atomic E-state index is 12.6. The van der Waals surface area contributed by atoms with Crippen molar-refractivity contribution in [1.29, 1.82) is 0 Å². The predicted molar refractivity (Wildman–Crippen MR) is 107 cm³/mol. The Morgan fingerprint density at radius 1 is 1.19 bits per heavy atom. The molecule has 0 bridgehead atoms. The van der Waals surface area contributed by atoms with Crippen LogP contribution in [0.3, 0.4) is 0 Å². The molecule has 3 rings (SSSR count). The summed E-state index contributed by atoms with van der Waals surface area (Å²) in [5.74, 6) is 1.47. The third-order valence-electron chi connectivity index (χ3n) is 4.89. The summed E-state index contributed by atoms with van der Waals surface area (Å²) in [7, 11) is 3.29. The van der Waals surface area contributed by atoms with Gasteiger partial charge in [-0.3, -0.25) is 4.79 Å². The van der Waals surface area contributed by atoms with Crippen molar-refractivity contribution in [3.8, 4) is 11.5 Å². The number of methoxy groups -OCH3 is 2. The summed E-state index contributed by atoms with van der Waals surface area (Å²) < 4.78 is 10.8. The second-order valence-electron chi connectivity index (χ2n) is 6.56. The lowest BCUT2D eigenvalue weighted by molar-refractivity contribution is -0.910. The summed E-state index contributed by atoms with van der Waals surface area (Å²) in [5.41, 5.74) is 1.67. The molecule has 7 heteroatoms. The highest BCUT2D eigenvalue weighted by Crippen LogP contribution is 2.31. The number of rotatable bonds is 6. The first kappa shape index (κ1) is 19.8. The number of anilines is 1. The molecule has 2 N–H and O–H groups in total. The van der Waals surface area contributed by atoms with Crippen LogP contribution in [0.15, 0.2) is 36.4 Å². The minimum atomic E-state index is -0.0754. The fourth-order valence-corrected chi connectivity index (χ4v) is 4.05. The molecule has 0 radical (unpaired) electrons. The van der Waals surface area contributed by atoms with E-state index in [-0.39, 0.29) is 11.9 Å². The standard InChI is InChI=1S/C20H22Cl2N2O3/c1-26-14-6-7-15(19(11-14)27-2)18-4-3-9-24(18)12-20(25)23-17-8-5-13(21)10-16(17)22/h5-8,10-11,18H,3-4,9,12H2,1-2H3,(H,23,25)/p+1/t18-/m1/s1. The van der Waals surface area contributed by atoms with Gasteiger partial charge in [-0.25, -0.2) is 0 Å². The monoisotopic (exact) mass is 409 g/mol. The van der Waals surface area contributed by atoms with E-state index in [1.54, 1.807) is 32.4 Å². The summed E-state index contributed by atoms with van der Waals surface area (Å²) in [4.78, 5) is 13.8. The van der Waals surface area contributed by atoms with Crippen LogP contribution in [0.2, 0.25) is 10.0 Å². The van der Waals surface area contributed by atoms with Gasteiger partial charge in [0.15, 0.2) is 6.54 Å². The molecule has 5 nitrogen and oxygen atoms in total. The molecule has 2 atom stereocenters. The lowest BCUT2D eigenvalue weighted by atomic mass is 10.0. The van der Waals surface area contributed by atoms with E-state index in [2.05, 4.69) is 5.32 Å². The molecule has 1 aliphatic heterocycles. The van der Waals surface area contributed by atoms with Crippen LogP contribution in [0, 0.1) is 0 Å². The van der Waals surface area contributed by atoms with Gasteiger partial charge in [-0.05, 0) is 30.3 Å². The van der Waals surface area contributed by atoms with Gasteiger partial charge in [0.1, 0.15) is 17.5 Å². The van der Waals surface area contributed by atoms with Crippen LogP contribution in [0.4, 0.5) is 5.69 Å². The van der Waals surface area contributed by atoms with Crippen molar-refractivity contribution >= 4 is 34.8 Å². The van der Waals surface area contributed by atoms with Gasteiger partial charge in [0.2, 0.25) is 0 Å². The van der Waals surface area contributed by atoms with Crippen LogP contribution in [0.5, 0.6) is 11.5 Å². The van der Waals surface area contributed by atoms with Crippen LogP contribution < -0.4 is 19.7 Å². The quantitative estimate of drug-likeness (QED) is 0.768. The Balaban J connectivity index is 1.72. The van der Waals surface area contributed by atoms with Crippen molar-refractivity contribution in [3.05, 3.63) is 52.0 Å². The number of quaternary nitrogens is 1. The SMILES string of the molecule is COc1ccc([C@H]2CCC[NH+]2CC(=O)Nc2ccc(Cl)cc2Cl)c(OC)c1. The van der Waals surface area contributed by atoms with E-state index in [1.807, 2.05) is 18.2 Å². The topological polar surface area (TPSA) is 52.0 Å². The lowest BCUT2D eigenvalue weighted by Crippen LogP contribution is -3.11. The molecule has 0 saturated carbocycles. The second kappa shape index (κ2) is 8.83. The number of carbonyl (C=O) groups is 1. The minimum Gasteiger partial charge on any atom is -0.497 e. The summed E-state index contributed by atoms with van der Waals surface area (Å²) in [6, 6.07) is 11.1. The van der Waals surface area contributed by atoms with Gasteiger partial charge in [-0.1, -0.05) is 23.2 Å². The van der Waals surface area contributed by atoms with Crippen LogP contribution >= 0.6 is 23.2 Å². The first-order chi connectivity index (χ1) is 13.0. The summed E-state index contributed by atoms with van der Waals surface area (Å²) >= 11 is 12.1. The summed E-state index contributed by atoms with van der Waals surface area (Å²) in [6.45, 7) is 1.29. The van der Waals surface area contributed by atoms with Crippen molar-refractivity contribution < 1.29 is 19.2 Å². The van der Waals surface area contributed by atoms with E-state index < -0.39 is 0 Å². The number of hydrogen-bond acceptors (Lipinski definition) is 3. The number of halogens is 2. The number of amides is 1. The molecule has 1 heterocycles. The van der Waals surface area contributed by atoms with Gasteiger partial charge in [-0.2, -0.15) is 0 Å². The highest BCUT2D eigenvalue weighted by Gasteiger charge is 2.33. The Kier molecular flexibility index (Phi) is 6.47. The molecule has 0 aliphatic carbocycles. The van der Waals surface area contributed by atoms with Gasteiger partial charge in [0, 0.05) is 23.9 Å². The molecule has 27 heavy (non-hydrogen) atoms. The Morgan fingerprint density at radius 3 is 2.70 bits per heavy atom. The van der Waals surface area contributed by atoms with Crippen molar-refractivity contribution in [2.45, 2.75) is 18.9 Å². The normalized spacial score (nSPS) is 19.0. The van der Waals surface area contributed by atoms with Crippen LogP contribution in [-0.2, 0) is 4.79 Å². The van der Waals surface area contributed by atoms with E-state index in [0.717, 1.165) is 36.4 Å². The summed E-state index contributed by atoms with van der Waals surface area (Å²) in [6.07, 6.45) is 2.07. The molecule has 1 saturated heterocycles. The lowest BCUT2D eigenvalue weighted by Gasteiger charge is -2.23. The Bertz CT molecular complexity index is 829. The maximum Gasteiger partial charge on any atom is 0.279 e. The van der Waals surface area contributed by atoms with Crippen LogP contribution in [0.1, 0.15) is 24.4 Å². The van der Waals surface area contributed by atoms with Crippen molar-refractivity contribution in [2.24, 2.45) is 0 Å². The molecule has 2 aromatic carbocycles. The van der Waals surface area contributed by atoms with E-state index in [1.165, 1.54) is 4.90 Å². The van der Waals surface area contributed by atoms with Crippen molar-refractivity contribution in [3.63, 3.8) is 0 Å². The Labute approximate surface area is 169 Å². The van der Waals surface area contributed by atoms with Gasteiger partial charge >= 0.3 is 0 Å². The molecular formula is C20H23Cl2N2O3+. The maximum atomic E-state index is 12.6. The highest BCUT2D eigenvalue weighted by molar-refractivity contribution is 6.36. The van der Waals surface area contributed by atoms with Crippen LogP contribution in [-0.4, -0.2) is 33.2 Å². The van der Waals surface area contributed by atoms with Crippen molar-refractivity contribution in [2.75, 3.05) is 32.6 Å². The van der Waals surface area contributed by atoms with E-state index in [0.29, 0.717) is 22.3 Å². The molecule has 2 aromatic rings. The highest BCUT2D eigenvalue weighted by atomic mass is 35.5. The van der Waals surface area contributed by atoms with E-state index in [9.17, 15) is 4.79 Å². The van der Waals surface area contributed by atoms with Gasteiger partial charge in [-0.15, -0.1) is 0 Å². The number of carbonyl (C=O) groups excluding carboxylic acids is 1. The molecule has 1 amide bonds. The minimum absolute atomic E-state index is 0.0754. The number of likely N-dealkylation sites (tertiary alicyclic amines) is 1. The fourth-order valence-electron chi connectivity index (χ4n) is 3.60. The third-order valence-corrected chi connectivity index (χ3v) is 5.44. The zero-order valence-electron chi connectivity index (χ0n) is 15.4. The Hall–Kier alpha value is -1.95. The molecule has 0 spiro atoms. The van der Waals surface area contributed by atoms with Gasteiger partial charge in [0.05, 0.1) is 37.0 Å². The summed E-state index contributed by atoms with van der Waals surface area (Å²) in [5, 5.41) is 3.85. The molecule has 1 fully saturated rings. The van der Waals surface area contributed by atoms with E-state index in [4.69, 9.17) is 32.7 Å². The number of ether oxygens (including phenoxy) is 2. The van der Waals surface area contributed by atoms with Gasteiger partial charge < -0.3 is 19.7 Å². The smallest absolute Gasteiger partial charge is 0.279 e. The zero-order chi connectivity index (χ0) is 19.4. The average Bonchev–Trinajstić information content (AvgIpc) is 3.11. The zero-order valence-corrected chi connectivity index (χ0v) is 16.9. The number of hydrogen-bond donors (Lipinski definition) is 2. The first-order valence-electron chi connectivity index (χ1n) is 8.83. The third kappa shape index (κ3) is 4.67. The molecule has 144 valence electrons. The number of nitrogens with one attached hydrogen (secondary N) is 2. The molecule has 0 aromatic heterocycles. The molecule has 1 unspecified atom stereocenters. The molecular weight excluding hydrogens is 387 g/mol. The number of benzene rings is 2. The molecule has 1 aliphatic rings. The van der Waals surface area contributed by atoms with Crippen LogP contribution in [0.25, 0.3) is 0 Å². The van der Waals surface area contributed by atoms with Crippen molar-refractivity contribution in [1.82, 2.24) is 0 Å². The fraction of sp³-hybridized carbons (Fsp3) is 0.350. The van der Waals surface area contributed by atoms with E-state index >= 15 is 0 Å². The Morgan fingerprint density at radius 2 is 2.00 bits per heavy atom. The largest absolute Gasteiger partial charge is 0.497 e. The van der Waals surface area contributed by atoms with Gasteiger partial charge in [0.25, 0.3) is 5.91 Å². The first-order valence-corrected chi connectivity index (χ1v) is 9.59. The predicted octanol–water partition coefficient (Wildman–Crippen LogP) is 3.37. The second-order valence-corrected chi connectivity index (χ2v) is 7.40.